The van der Waals surface area contributed by atoms with E-state index in [4.69, 9.17) is 13.9 Å². The molecule has 6 heteroatoms. The molecule has 0 radical (unpaired) electrons. The summed E-state index contributed by atoms with van der Waals surface area (Å²) in [6.45, 7) is 2.01. The molecule has 0 saturated carbocycles. The van der Waals surface area contributed by atoms with Crippen molar-refractivity contribution in [3.63, 3.8) is 0 Å². The van der Waals surface area contributed by atoms with E-state index in [-0.39, 0.29) is 18.4 Å². The number of nitrogens with zero attached hydrogens (tertiary/aromatic N) is 1. The minimum atomic E-state index is -0.536. The average molecular weight is 262 g/mol. The number of ether oxygens (including phenoxy) is 2. The molecule has 0 atom stereocenters. The zero-order valence-corrected chi connectivity index (χ0v) is 10.7. The van der Waals surface area contributed by atoms with Crippen LogP contribution in [0.5, 0.6) is 11.8 Å². The summed E-state index contributed by atoms with van der Waals surface area (Å²) in [5.74, 6) is 0.0305. The summed E-state index contributed by atoms with van der Waals surface area (Å²) in [5, 5.41) is 3.00. The number of anilines is 1. The molecule has 0 amide bonds. The molecule has 1 aromatic heterocycles. The van der Waals surface area contributed by atoms with Crippen molar-refractivity contribution >= 4 is 11.7 Å². The minimum Gasteiger partial charge on any atom is -0.461 e. The zero-order valence-electron chi connectivity index (χ0n) is 10.7. The van der Waals surface area contributed by atoms with Gasteiger partial charge >= 0.3 is 12.0 Å². The first-order valence-corrected chi connectivity index (χ1v) is 5.81. The van der Waals surface area contributed by atoms with Crippen molar-refractivity contribution in [2.45, 2.75) is 6.92 Å². The smallest absolute Gasteiger partial charge is 0.399 e. The fourth-order valence-corrected chi connectivity index (χ4v) is 1.39. The normalized spacial score (nSPS) is 10.0. The highest BCUT2D eigenvalue weighted by atomic mass is 16.6. The predicted molar refractivity (Wildman–Crippen MR) is 68.5 cm³/mol. The van der Waals surface area contributed by atoms with Crippen LogP contribution >= 0.6 is 0 Å². The van der Waals surface area contributed by atoms with Crippen LogP contribution < -0.4 is 10.1 Å². The van der Waals surface area contributed by atoms with Crippen LogP contribution in [0.15, 0.2) is 34.9 Å². The van der Waals surface area contributed by atoms with Crippen LogP contribution in [-0.4, -0.2) is 24.6 Å². The second-order valence-corrected chi connectivity index (χ2v) is 3.60. The molecule has 0 spiro atoms. The average Bonchev–Trinajstić information content (AvgIpc) is 2.88. The predicted octanol–water partition coefficient (Wildman–Crippen LogP) is 2.69. The molecule has 1 aromatic carbocycles. The zero-order chi connectivity index (χ0) is 13.7. The van der Waals surface area contributed by atoms with E-state index in [1.165, 1.54) is 6.26 Å². The van der Waals surface area contributed by atoms with Gasteiger partial charge in [-0.25, -0.2) is 4.79 Å². The topological polar surface area (TPSA) is 73.6 Å². The van der Waals surface area contributed by atoms with E-state index in [9.17, 15) is 4.79 Å². The van der Waals surface area contributed by atoms with Crippen molar-refractivity contribution in [3.05, 3.63) is 36.2 Å². The Hall–Kier alpha value is -2.50. The molecule has 0 unspecified atom stereocenters. The van der Waals surface area contributed by atoms with Crippen LogP contribution in [0.3, 0.4) is 0 Å². The quantitative estimate of drug-likeness (QED) is 0.835. The number of aromatic nitrogens is 1. The highest BCUT2D eigenvalue weighted by Gasteiger charge is 2.14. The van der Waals surface area contributed by atoms with E-state index in [1.54, 1.807) is 19.1 Å². The monoisotopic (exact) mass is 262 g/mol. The second-order valence-electron chi connectivity index (χ2n) is 3.60. The van der Waals surface area contributed by atoms with E-state index in [1.807, 2.05) is 19.2 Å². The number of benzene rings is 1. The summed E-state index contributed by atoms with van der Waals surface area (Å²) < 4.78 is 15.2. The summed E-state index contributed by atoms with van der Waals surface area (Å²) in [4.78, 5) is 15.3. The Bertz CT molecular complexity index is 548. The Labute approximate surface area is 110 Å². The molecule has 0 aliphatic heterocycles. The van der Waals surface area contributed by atoms with Crippen molar-refractivity contribution in [3.8, 4) is 11.8 Å². The van der Waals surface area contributed by atoms with Gasteiger partial charge < -0.3 is 19.2 Å². The van der Waals surface area contributed by atoms with Gasteiger partial charge in [0.2, 0.25) is 0 Å². The first-order valence-electron chi connectivity index (χ1n) is 5.81. The molecule has 2 aromatic rings. The second kappa shape index (κ2) is 5.90. The Morgan fingerprint density at radius 3 is 2.74 bits per heavy atom. The standard InChI is InChI=1S/C13H14N2O4/c1-3-17-12(16)11-8-18-13(15-11)19-10-6-4-9(14-2)5-7-10/h4-8,14H,3H2,1-2H3. The SMILES string of the molecule is CCOC(=O)c1coc(Oc2ccc(NC)cc2)n1. The van der Waals surface area contributed by atoms with Gasteiger partial charge in [0.05, 0.1) is 6.61 Å². The number of carbonyl (C=O) groups excluding carboxylic acids is 1. The van der Waals surface area contributed by atoms with Crippen LogP contribution in [0.25, 0.3) is 0 Å². The molecule has 100 valence electrons. The first kappa shape index (κ1) is 12.9. The number of esters is 1. The summed E-state index contributed by atoms with van der Waals surface area (Å²) in [6, 6.07) is 7.23. The first-order chi connectivity index (χ1) is 9.22. The third kappa shape index (κ3) is 3.25. The van der Waals surface area contributed by atoms with Gasteiger partial charge in [0, 0.05) is 12.7 Å². The highest BCUT2D eigenvalue weighted by Crippen LogP contribution is 2.22. The van der Waals surface area contributed by atoms with Crippen LogP contribution in [-0.2, 0) is 4.74 Å². The van der Waals surface area contributed by atoms with Crippen molar-refractivity contribution < 1.29 is 18.7 Å². The van der Waals surface area contributed by atoms with Crippen molar-refractivity contribution in [1.29, 1.82) is 0 Å². The van der Waals surface area contributed by atoms with E-state index >= 15 is 0 Å². The number of carbonyl (C=O) groups is 1. The third-order valence-electron chi connectivity index (χ3n) is 2.32. The lowest BCUT2D eigenvalue weighted by molar-refractivity contribution is 0.0519. The molecule has 2 rings (SSSR count). The van der Waals surface area contributed by atoms with Gasteiger partial charge in [-0.2, -0.15) is 4.98 Å². The van der Waals surface area contributed by atoms with Gasteiger partial charge in [-0.3, -0.25) is 0 Å². The van der Waals surface area contributed by atoms with Crippen LogP contribution in [0.2, 0.25) is 0 Å². The summed E-state index contributed by atoms with van der Waals surface area (Å²) in [7, 11) is 1.83. The Balaban J connectivity index is 2.04. The number of oxazole rings is 1. The molecular formula is C13H14N2O4. The van der Waals surface area contributed by atoms with Crippen molar-refractivity contribution in [2.75, 3.05) is 19.0 Å². The molecule has 1 heterocycles. The Kier molecular flexibility index (Phi) is 4.02. The van der Waals surface area contributed by atoms with Crippen LogP contribution in [0, 0.1) is 0 Å². The van der Waals surface area contributed by atoms with Crippen molar-refractivity contribution in [2.24, 2.45) is 0 Å². The van der Waals surface area contributed by atoms with Crippen molar-refractivity contribution in [1.82, 2.24) is 4.98 Å². The lowest BCUT2D eigenvalue weighted by Gasteiger charge is -2.02. The number of hydrogen-bond acceptors (Lipinski definition) is 6. The molecule has 0 saturated heterocycles. The van der Waals surface area contributed by atoms with Crippen LogP contribution in [0.1, 0.15) is 17.4 Å². The van der Waals surface area contributed by atoms with Gasteiger partial charge in [-0.1, -0.05) is 0 Å². The van der Waals surface area contributed by atoms with E-state index in [2.05, 4.69) is 10.3 Å². The van der Waals surface area contributed by atoms with E-state index < -0.39 is 5.97 Å². The fraction of sp³-hybridized carbons (Fsp3) is 0.231. The molecule has 6 nitrogen and oxygen atoms in total. The molecule has 1 N–H and O–H groups in total. The van der Waals surface area contributed by atoms with Crippen LogP contribution in [0.4, 0.5) is 5.69 Å². The molecule has 0 fully saturated rings. The lowest BCUT2D eigenvalue weighted by atomic mass is 10.3. The molecule has 0 aliphatic rings. The highest BCUT2D eigenvalue weighted by molar-refractivity contribution is 5.86. The maximum atomic E-state index is 11.4. The third-order valence-corrected chi connectivity index (χ3v) is 2.32. The van der Waals surface area contributed by atoms with E-state index in [0.29, 0.717) is 5.75 Å². The lowest BCUT2D eigenvalue weighted by Crippen LogP contribution is -2.04. The fourth-order valence-electron chi connectivity index (χ4n) is 1.39. The number of rotatable bonds is 5. The number of nitrogens with one attached hydrogen (secondary N) is 1. The minimum absolute atomic E-state index is 0.000241. The van der Waals surface area contributed by atoms with Gasteiger partial charge in [0.15, 0.2) is 5.69 Å². The Morgan fingerprint density at radius 2 is 2.11 bits per heavy atom. The Morgan fingerprint density at radius 1 is 1.37 bits per heavy atom. The number of hydrogen-bond donors (Lipinski definition) is 1. The van der Waals surface area contributed by atoms with E-state index in [0.717, 1.165) is 5.69 Å². The summed E-state index contributed by atoms with van der Waals surface area (Å²) in [5.41, 5.74) is 1.05. The molecular weight excluding hydrogens is 248 g/mol. The molecule has 0 bridgehead atoms. The summed E-state index contributed by atoms with van der Waals surface area (Å²) >= 11 is 0. The van der Waals surface area contributed by atoms with Gasteiger partial charge in [0.25, 0.3) is 0 Å². The molecule has 0 aliphatic carbocycles. The largest absolute Gasteiger partial charge is 0.461 e. The summed E-state index contributed by atoms with van der Waals surface area (Å²) in [6.07, 6.45) is 1.20. The van der Waals surface area contributed by atoms with Gasteiger partial charge in [0.1, 0.15) is 12.0 Å². The molecule has 19 heavy (non-hydrogen) atoms. The van der Waals surface area contributed by atoms with Gasteiger partial charge in [-0.15, -0.1) is 0 Å². The van der Waals surface area contributed by atoms with Gasteiger partial charge in [-0.05, 0) is 31.2 Å². The maximum absolute atomic E-state index is 11.4. The maximum Gasteiger partial charge on any atom is 0.399 e.